The molecule has 14 nitrogen and oxygen atoms in total. The van der Waals surface area contributed by atoms with Gasteiger partial charge in [0.15, 0.2) is 45.5 Å². The lowest BCUT2D eigenvalue weighted by Crippen LogP contribution is -2.52. The lowest BCUT2D eigenvalue weighted by atomic mass is 10.3. The van der Waals surface area contributed by atoms with Crippen LogP contribution in [0.2, 0.25) is 104 Å². The molecule has 0 amide bonds. The quantitative estimate of drug-likeness (QED) is 0.0220. The topological polar surface area (TPSA) is 161 Å². The maximum Gasteiger partial charge on any atom is 0.333 e. The minimum Gasteiger partial charge on any atom is -0.462 e. The average molecular weight is 958 g/mol. The largest absolute Gasteiger partial charge is 0.462 e. The molecule has 0 N–H and O–H groups in total. The molecule has 0 aromatic carbocycles. The third kappa shape index (κ3) is 34.9. The second-order valence-corrected chi connectivity index (χ2v) is 44.9. The molecule has 2 unspecified atom stereocenters. The Kier molecular flexibility index (Phi) is 28.5. The maximum atomic E-state index is 11.8. The van der Waals surface area contributed by atoms with Crippen LogP contribution >= 0.6 is 0 Å². The van der Waals surface area contributed by atoms with E-state index in [1.165, 1.54) is 0 Å². The minimum absolute atomic E-state index is 0.0321. The fourth-order valence-electron chi connectivity index (χ4n) is 5.59. The van der Waals surface area contributed by atoms with E-state index in [1.807, 2.05) is 0 Å². The van der Waals surface area contributed by atoms with E-state index in [2.05, 4.69) is 105 Å². The molecule has 0 bridgehead atoms. The first-order valence-electron chi connectivity index (χ1n) is 21.1. The van der Waals surface area contributed by atoms with E-state index in [0.717, 1.165) is 24.9 Å². The lowest BCUT2D eigenvalue weighted by molar-refractivity contribution is -0.160. The molecule has 0 rings (SSSR count). The van der Waals surface area contributed by atoms with E-state index in [9.17, 15) is 19.2 Å². The predicted octanol–water partition coefficient (Wildman–Crippen LogP) is 9.22. The van der Waals surface area contributed by atoms with Gasteiger partial charge in [0.1, 0.15) is 13.2 Å². The molecular weight excluding hydrogens is 873 g/mol. The maximum absolute atomic E-state index is 11.8. The van der Waals surface area contributed by atoms with E-state index < -0.39 is 74.5 Å². The van der Waals surface area contributed by atoms with Gasteiger partial charge in [-0.2, -0.15) is 0 Å². The van der Waals surface area contributed by atoms with Crippen LogP contribution in [0, 0.1) is 0 Å². The summed E-state index contributed by atoms with van der Waals surface area (Å²) in [6, 6.07) is 1.67. The fraction of sp³-hybridized carbons (Fsp3) is 0.800. The third-order valence-corrected chi connectivity index (χ3v) is 26.4. The second-order valence-electron chi connectivity index (χ2n) is 19.2. The molecule has 2 atom stereocenters. The highest BCUT2D eigenvalue weighted by Crippen LogP contribution is 2.27. The van der Waals surface area contributed by atoms with Crippen LogP contribution in [0.4, 0.5) is 0 Å². The van der Waals surface area contributed by atoms with Crippen molar-refractivity contribution in [2.24, 2.45) is 0 Å². The number of carbonyl (C=O) groups excluding carboxylic acids is 4. The second kappa shape index (κ2) is 28.3. The van der Waals surface area contributed by atoms with Crippen molar-refractivity contribution < 1.29 is 64.1 Å². The Hall–Kier alpha value is -1.58. The molecular formula is C40H84O14Si6. The molecule has 60 heavy (non-hydrogen) atoms. The van der Waals surface area contributed by atoms with Crippen LogP contribution in [-0.2, 0) is 64.1 Å². The van der Waals surface area contributed by atoms with E-state index >= 15 is 0 Å². The molecule has 20 heteroatoms. The Morgan fingerprint density at radius 3 is 1.12 bits per heavy atom. The van der Waals surface area contributed by atoms with Crippen molar-refractivity contribution in [3.05, 3.63) is 24.3 Å². The molecule has 0 fully saturated rings. The highest BCUT2D eigenvalue weighted by atomic mass is 28.5. The third-order valence-electron chi connectivity index (χ3n) is 7.21. The van der Waals surface area contributed by atoms with Gasteiger partial charge in [0.05, 0.1) is 13.2 Å². The summed E-state index contributed by atoms with van der Waals surface area (Å²) in [6.45, 7) is 45.3. The molecule has 0 heterocycles. The zero-order valence-electron chi connectivity index (χ0n) is 40.8. The van der Waals surface area contributed by atoms with Crippen molar-refractivity contribution in [3.63, 3.8) is 0 Å². The van der Waals surface area contributed by atoms with Crippen LogP contribution < -0.4 is 0 Å². The Bertz CT molecular complexity index is 1300. The molecule has 0 aromatic rings. The molecule has 0 saturated carbocycles. The summed E-state index contributed by atoms with van der Waals surface area (Å²) in [5, 5.41) is 0. The van der Waals surface area contributed by atoms with E-state index in [4.69, 9.17) is 44.9 Å². The van der Waals surface area contributed by atoms with Crippen molar-refractivity contribution in [2.75, 3.05) is 39.6 Å². The van der Waals surface area contributed by atoms with Gasteiger partial charge < -0.3 is 44.9 Å². The highest BCUT2D eigenvalue weighted by Gasteiger charge is 2.41. The van der Waals surface area contributed by atoms with Crippen LogP contribution in [0.5, 0.6) is 0 Å². The summed E-state index contributed by atoms with van der Waals surface area (Å²) in [5.41, 5.74) is 0.584. The Morgan fingerprint density at radius 1 is 0.467 bits per heavy atom. The summed E-state index contributed by atoms with van der Waals surface area (Å²) in [5.74, 6) is -1.74. The molecule has 0 radical (unpaired) electrons. The van der Waals surface area contributed by atoms with Gasteiger partial charge in [-0.15, -0.1) is 0 Å². The predicted molar refractivity (Wildman–Crippen MR) is 253 cm³/mol. The van der Waals surface area contributed by atoms with Crippen LogP contribution in [0.25, 0.3) is 0 Å². The molecule has 352 valence electrons. The average Bonchev–Trinajstić information content (AvgIpc) is 3.04. The number of esters is 4. The van der Waals surface area contributed by atoms with Crippen molar-refractivity contribution in [1.82, 2.24) is 0 Å². The smallest absolute Gasteiger partial charge is 0.333 e. The minimum atomic E-state index is -2.30. The van der Waals surface area contributed by atoms with Gasteiger partial charge in [-0.05, 0) is 130 Å². The van der Waals surface area contributed by atoms with Crippen molar-refractivity contribution in [2.45, 2.75) is 169 Å². The number of carbonyl (C=O) groups is 4. The lowest BCUT2D eigenvalue weighted by Gasteiger charge is -2.38. The van der Waals surface area contributed by atoms with Gasteiger partial charge in [0, 0.05) is 37.2 Å². The SMILES string of the molecule is C=C(C)C(=O)OC(COCCC[Si](C)(O[Si](C)(C)C)O[Si](C)(C)C)COC(=O)CC.C=C(C)C(=O)OCC(COCCC[Si](C)(O[Si](C)(C)C)O[Si](C)(C)C)OC(=O)CC. The molecule has 0 aliphatic rings. The van der Waals surface area contributed by atoms with Crippen LogP contribution in [0.3, 0.4) is 0 Å². The van der Waals surface area contributed by atoms with Crippen LogP contribution in [0.15, 0.2) is 24.3 Å². The summed E-state index contributed by atoms with van der Waals surface area (Å²) < 4.78 is 58.2. The first-order valence-corrected chi connectivity index (χ1v) is 39.8. The normalized spacial score (nSPS) is 13.6. The van der Waals surface area contributed by atoms with E-state index in [1.54, 1.807) is 27.7 Å². The Labute approximate surface area is 370 Å². The standard InChI is InChI=1S/2C20H42O7Si3/c1-11-19(21)25-18(16-24-20(22)17(2)3)15-23-13-12-14-30(10,26-28(4,5)6)27-29(7,8)9;1-11-19(21)24-16-18(25-20(22)17(2)3)15-23-13-12-14-30(10,26-28(4,5)6)27-29(7,8)9/h2*18H,2,11-16H2,1,3-10H3. The van der Waals surface area contributed by atoms with Crippen molar-refractivity contribution >= 4 is 74.3 Å². The van der Waals surface area contributed by atoms with E-state index in [-0.39, 0.29) is 56.8 Å². The summed E-state index contributed by atoms with van der Waals surface area (Å²) in [4.78, 5) is 46.5. The van der Waals surface area contributed by atoms with Crippen molar-refractivity contribution in [1.29, 1.82) is 0 Å². The summed E-state index contributed by atoms with van der Waals surface area (Å²) in [7, 11) is -11.5. The highest BCUT2D eigenvalue weighted by molar-refractivity contribution is 6.88. The van der Waals surface area contributed by atoms with Crippen molar-refractivity contribution in [3.8, 4) is 0 Å². The van der Waals surface area contributed by atoms with Gasteiger partial charge in [-0.3, -0.25) is 9.59 Å². The number of hydrogen-bond acceptors (Lipinski definition) is 14. The zero-order chi connectivity index (χ0) is 47.2. The van der Waals surface area contributed by atoms with Gasteiger partial charge in [0.2, 0.25) is 0 Å². The zero-order valence-corrected chi connectivity index (χ0v) is 46.8. The number of ether oxygens (including phenoxy) is 6. The first-order chi connectivity index (χ1) is 27.1. The Balaban J connectivity index is 0. The fourth-order valence-corrected chi connectivity index (χ4v) is 30.6. The first kappa shape index (κ1) is 60.5. The van der Waals surface area contributed by atoms with Crippen LogP contribution in [0.1, 0.15) is 53.4 Å². The van der Waals surface area contributed by atoms with Gasteiger partial charge in [-0.1, -0.05) is 27.0 Å². The number of hydrogen-bond donors (Lipinski definition) is 0. The molecule has 0 aliphatic heterocycles. The molecule has 0 spiro atoms. The molecule has 0 saturated heterocycles. The molecule has 0 aliphatic carbocycles. The Morgan fingerprint density at radius 2 is 0.800 bits per heavy atom. The van der Waals surface area contributed by atoms with Gasteiger partial charge >= 0.3 is 41.0 Å². The van der Waals surface area contributed by atoms with E-state index in [0.29, 0.717) is 18.8 Å². The number of rotatable bonds is 30. The molecule has 0 aromatic heterocycles. The summed E-state index contributed by atoms with van der Waals surface area (Å²) in [6.07, 6.45) is 0.785. The van der Waals surface area contributed by atoms with Gasteiger partial charge in [-0.25, -0.2) is 9.59 Å². The van der Waals surface area contributed by atoms with Crippen LogP contribution in [-0.4, -0.2) is 126 Å². The monoisotopic (exact) mass is 956 g/mol. The van der Waals surface area contributed by atoms with Gasteiger partial charge in [0.25, 0.3) is 0 Å². The summed E-state index contributed by atoms with van der Waals surface area (Å²) >= 11 is 0.